The Morgan fingerprint density at radius 1 is 1.45 bits per heavy atom. The topological polar surface area (TPSA) is 78.6 Å². The van der Waals surface area contributed by atoms with Crippen LogP contribution in [0.1, 0.15) is 19.3 Å². The molecule has 0 aliphatic heterocycles. The minimum atomic E-state index is -0.498. The lowest BCUT2D eigenvalue weighted by Gasteiger charge is -2.20. The first kappa shape index (κ1) is 14.7. The number of hydrogen-bond donors (Lipinski definition) is 3. The molecule has 0 aromatic heterocycles. The molecular formula is C14H20FN3O2. The molecule has 1 aliphatic carbocycles. The lowest BCUT2D eigenvalue weighted by atomic mass is 10.2. The molecule has 6 heteroatoms. The number of carbonyl (C=O) groups excluding carboxylic acids is 1. The minimum Gasteiger partial charge on any atom is -0.399 e. The summed E-state index contributed by atoms with van der Waals surface area (Å²) in [7, 11) is 0. The largest absolute Gasteiger partial charge is 0.399 e. The summed E-state index contributed by atoms with van der Waals surface area (Å²) in [5, 5.41) is 11.5. The van der Waals surface area contributed by atoms with Gasteiger partial charge in [0.15, 0.2) is 0 Å². The third kappa shape index (κ3) is 4.18. The van der Waals surface area contributed by atoms with Crippen molar-refractivity contribution in [3.63, 3.8) is 0 Å². The zero-order valence-corrected chi connectivity index (χ0v) is 11.3. The lowest BCUT2D eigenvalue weighted by molar-refractivity contribution is -0.116. The highest BCUT2D eigenvalue weighted by atomic mass is 19.1. The second-order valence-corrected chi connectivity index (χ2v) is 5.03. The van der Waals surface area contributed by atoms with Gasteiger partial charge in [0.1, 0.15) is 5.82 Å². The number of halogens is 1. The van der Waals surface area contributed by atoms with Crippen LogP contribution in [0.3, 0.4) is 0 Å². The van der Waals surface area contributed by atoms with E-state index in [1.807, 2.05) is 0 Å². The molecule has 1 aliphatic rings. The highest BCUT2D eigenvalue weighted by Crippen LogP contribution is 2.26. The number of carbonyl (C=O) groups is 1. The predicted molar refractivity (Wildman–Crippen MR) is 75.7 cm³/mol. The van der Waals surface area contributed by atoms with E-state index in [-0.39, 0.29) is 24.6 Å². The zero-order chi connectivity index (χ0) is 14.5. The Kier molecular flexibility index (Phi) is 4.92. The molecule has 1 aromatic rings. The Bertz CT molecular complexity index is 477. The van der Waals surface area contributed by atoms with Crippen molar-refractivity contribution in [2.45, 2.75) is 25.3 Å². The normalized spacial score (nSPS) is 14.6. The number of rotatable bonds is 7. The molecule has 2 rings (SSSR count). The summed E-state index contributed by atoms with van der Waals surface area (Å²) >= 11 is 0. The van der Waals surface area contributed by atoms with Gasteiger partial charge in [0.05, 0.1) is 12.3 Å². The predicted octanol–water partition coefficient (Wildman–Crippen LogP) is 1.19. The standard InChI is InChI=1S/C14H20FN3O2/c15-12-4-1-10(16)9-13(12)17-14(20)5-6-18(7-8-19)11-2-3-11/h1,4,9,11,19H,2-3,5-8,16H2,(H,17,20). The number of nitrogens with two attached hydrogens (primary N) is 1. The van der Waals surface area contributed by atoms with Crippen molar-refractivity contribution in [3.05, 3.63) is 24.0 Å². The molecule has 1 aromatic carbocycles. The molecule has 0 saturated heterocycles. The van der Waals surface area contributed by atoms with Gasteiger partial charge in [0.25, 0.3) is 0 Å². The fraction of sp³-hybridized carbons (Fsp3) is 0.500. The Morgan fingerprint density at radius 3 is 2.85 bits per heavy atom. The number of benzene rings is 1. The molecule has 0 bridgehead atoms. The van der Waals surface area contributed by atoms with E-state index < -0.39 is 5.82 Å². The number of nitrogen functional groups attached to an aromatic ring is 1. The van der Waals surface area contributed by atoms with Crippen molar-refractivity contribution in [2.75, 3.05) is 30.7 Å². The van der Waals surface area contributed by atoms with Crippen molar-refractivity contribution < 1.29 is 14.3 Å². The number of hydrogen-bond acceptors (Lipinski definition) is 4. The molecular weight excluding hydrogens is 261 g/mol. The van der Waals surface area contributed by atoms with E-state index >= 15 is 0 Å². The monoisotopic (exact) mass is 281 g/mol. The van der Waals surface area contributed by atoms with Gasteiger partial charge in [-0.2, -0.15) is 0 Å². The summed E-state index contributed by atoms with van der Waals surface area (Å²) in [5.74, 6) is -0.750. The average Bonchev–Trinajstić information content (AvgIpc) is 3.23. The molecule has 4 N–H and O–H groups in total. The number of aliphatic hydroxyl groups excluding tert-OH is 1. The second-order valence-electron chi connectivity index (χ2n) is 5.03. The van der Waals surface area contributed by atoms with Crippen LogP contribution in [0.4, 0.5) is 15.8 Å². The van der Waals surface area contributed by atoms with Gasteiger partial charge in [-0.25, -0.2) is 4.39 Å². The van der Waals surface area contributed by atoms with Crippen LogP contribution in [0.5, 0.6) is 0 Å². The summed E-state index contributed by atoms with van der Waals surface area (Å²) in [6.07, 6.45) is 2.50. The lowest BCUT2D eigenvalue weighted by Crippen LogP contribution is -2.32. The number of amides is 1. The molecule has 20 heavy (non-hydrogen) atoms. The molecule has 0 unspecified atom stereocenters. The Hall–Kier alpha value is -1.66. The first-order chi connectivity index (χ1) is 9.60. The van der Waals surface area contributed by atoms with Crippen LogP contribution in [0.2, 0.25) is 0 Å². The third-order valence-corrected chi connectivity index (χ3v) is 3.34. The average molecular weight is 281 g/mol. The number of nitrogens with zero attached hydrogens (tertiary/aromatic N) is 1. The first-order valence-corrected chi connectivity index (χ1v) is 6.80. The number of nitrogens with one attached hydrogen (secondary N) is 1. The molecule has 0 spiro atoms. The molecule has 0 heterocycles. The van der Waals surface area contributed by atoms with E-state index in [4.69, 9.17) is 10.8 Å². The Labute approximate surface area is 117 Å². The highest BCUT2D eigenvalue weighted by Gasteiger charge is 2.28. The van der Waals surface area contributed by atoms with Gasteiger partial charge >= 0.3 is 0 Å². The minimum absolute atomic E-state index is 0.0853. The van der Waals surface area contributed by atoms with Crippen LogP contribution in [-0.2, 0) is 4.79 Å². The molecule has 1 amide bonds. The van der Waals surface area contributed by atoms with Crippen LogP contribution < -0.4 is 11.1 Å². The Balaban J connectivity index is 1.84. The number of aliphatic hydroxyl groups is 1. The fourth-order valence-corrected chi connectivity index (χ4v) is 2.14. The smallest absolute Gasteiger partial charge is 0.225 e. The summed E-state index contributed by atoms with van der Waals surface area (Å²) in [5.41, 5.74) is 6.07. The quantitative estimate of drug-likeness (QED) is 0.656. The van der Waals surface area contributed by atoms with Crippen molar-refractivity contribution in [1.29, 1.82) is 0 Å². The van der Waals surface area contributed by atoms with Gasteiger partial charge in [0.2, 0.25) is 5.91 Å². The maximum absolute atomic E-state index is 13.5. The Morgan fingerprint density at radius 2 is 2.20 bits per heavy atom. The third-order valence-electron chi connectivity index (χ3n) is 3.34. The van der Waals surface area contributed by atoms with Gasteiger partial charge in [-0.3, -0.25) is 9.69 Å². The molecule has 0 atom stereocenters. The van der Waals surface area contributed by atoms with E-state index in [9.17, 15) is 9.18 Å². The molecule has 0 radical (unpaired) electrons. The van der Waals surface area contributed by atoms with Crippen molar-refractivity contribution in [3.8, 4) is 0 Å². The van der Waals surface area contributed by atoms with Gasteiger partial charge in [-0.05, 0) is 31.0 Å². The van der Waals surface area contributed by atoms with Crippen LogP contribution in [0.15, 0.2) is 18.2 Å². The highest BCUT2D eigenvalue weighted by molar-refractivity contribution is 5.91. The maximum atomic E-state index is 13.5. The van der Waals surface area contributed by atoms with Crippen LogP contribution in [-0.4, -0.2) is 41.7 Å². The number of anilines is 2. The summed E-state index contributed by atoms with van der Waals surface area (Å²) in [6, 6.07) is 4.56. The molecule has 110 valence electrons. The zero-order valence-electron chi connectivity index (χ0n) is 11.3. The SMILES string of the molecule is Nc1ccc(F)c(NC(=O)CCN(CCO)C2CC2)c1. The van der Waals surface area contributed by atoms with E-state index in [0.29, 0.717) is 24.8 Å². The summed E-state index contributed by atoms with van der Waals surface area (Å²) in [4.78, 5) is 13.9. The molecule has 5 nitrogen and oxygen atoms in total. The van der Waals surface area contributed by atoms with E-state index in [0.717, 1.165) is 12.8 Å². The molecule has 1 saturated carbocycles. The molecule has 1 fully saturated rings. The van der Waals surface area contributed by atoms with E-state index in [2.05, 4.69) is 10.2 Å². The van der Waals surface area contributed by atoms with Crippen LogP contribution in [0, 0.1) is 5.82 Å². The van der Waals surface area contributed by atoms with E-state index in [1.165, 1.54) is 18.2 Å². The van der Waals surface area contributed by atoms with Crippen LogP contribution >= 0.6 is 0 Å². The maximum Gasteiger partial charge on any atom is 0.225 e. The fourth-order valence-electron chi connectivity index (χ4n) is 2.14. The van der Waals surface area contributed by atoms with Gasteiger partial charge in [0, 0.05) is 31.2 Å². The van der Waals surface area contributed by atoms with Gasteiger partial charge in [-0.1, -0.05) is 0 Å². The summed E-state index contributed by atoms with van der Waals surface area (Å²) < 4.78 is 13.5. The van der Waals surface area contributed by atoms with Crippen molar-refractivity contribution in [2.24, 2.45) is 0 Å². The summed E-state index contributed by atoms with van der Waals surface area (Å²) in [6.45, 7) is 1.23. The van der Waals surface area contributed by atoms with Gasteiger partial charge < -0.3 is 16.2 Å². The first-order valence-electron chi connectivity index (χ1n) is 6.80. The second kappa shape index (κ2) is 6.67. The van der Waals surface area contributed by atoms with E-state index in [1.54, 1.807) is 0 Å². The van der Waals surface area contributed by atoms with Gasteiger partial charge in [-0.15, -0.1) is 0 Å². The van der Waals surface area contributed by atoms with Crippen LogP contribution in [0.25, 0.3) is 0 Å². The van der Waals surface area contributed by atoms with Crippen molar-refractivity contribution >= 4 is 17.3 Å². The van der Waals surface area contributed by atoms with Crippen molar-refractivity contribution in [1.82, 2.24) is 4.90 Å².